The molecule has 14 heteroatoms. The first-order chi connectivity index (χ1) is 20.2. The summed E-state index contributed by atoms with van der Waals surface area (Å²) >= 11 is 0. The summed E-state index contributed by atoms with van der Waals surface area (Å²) in [4.78, 5) is 38.0. The van der Waals surface area contributed by atoms with E-state index in [9.17, 15) is 48.0 Å². The molecule has 1 fully saturated rings. The number of carbonyl (C=O) groups is 3. The molecular weight excluding hydrogens is 575 g/mol. The smallest absolute Gasteiger partial charge is 0.508 e. The summed E-state index contributed by atoms with van der Waals surface area (Å²) in [6, 6.07) is 6.87. The van der Waals surface area contributed by atoms with Crippen LogP contribution in [0.4, 0.5) is 18.9 Å². The average Bonchev–Trinajstić information content (AvgIpc) is 2.91. The lowest BCUT2D eigenvalue weighted by Crippen LogP contribution is -2.58. The van der Waals surface area contributed by atoms with Gasteiger partial charge in [0.25, 0.3) is 5.91 Å². The first-order valence-electron chi connectivity index (χ1n) is 13.3. The number of fused-ring (bicyclic) bond motifs is 3. The lowest BCUT2D eigenvalue weighted by Gasteiger charge is -2.46. The minimum atomic E-state index is -4.81. The van der Waals surface area contributed by atoms with Crippen molar-refractivity contribution in [2.24, 2.45) is 17.6 Å². The zero-order chi connectivity index (χ0) is 31.4. The van der Waals surface area contributed by atoms with E-state index in [2.05, 4.69) is 15.4 Å². The Bertz CT molecular complexity index is 1600. The topological polar surface area (TPSA) is 191 Å². The predicted octanol–water partition coefficient (Wildman–Crippen LogP) is 2.65. The molecule has 8 N–H and O–H groups in total. The number of aliphatic hydroxyl groups excluding tert-OH is 2. The lowest BCUT2D eigenvalue weighted by atomic mass is 9.59. The fourth-order valence-corrected chi connectivity index (χ4v) is 6.25. The highest BCUT2D eigenvalue weighted by Gasteiger charge is 2.60. The minimum absolute atomic E-state index is 0.0168. The van der Waals surface area contributed by atoms with Gasteiger partial charge in [-0.3, -0.25) is 14.4 Å². The third-order valence-electron chi connectivity index (χ3n) is 8.21. The molecule has 1 saturated carbocycles. The highest BCUT2D eigenvalue weighted by molar-refractivity contribution is 6.22. The van der Waals surface area contributed by atoms with Crippen LogP contribution in [0, 0.1) is 11.8 Å². The molecule has 0 bridgehead atoms. The number of hydrogen-bond donors (Lipinski definition) is 7. The largest absolute Gasteiger partial charge is 0.573 e. The van der Waals surface area contributed by atoms with Crippen molar-refractivity contribution < 1.29 is 52.7 Å². The van der Waals surface area contributed by atoms with E-state index < -0.39 is 64.8 Å². The monoisotopic (exact) mass is 603 g/mol. The standard InChI is InChI=1S/C29H28F3N3O8/c1-34-18-8-14(11-35-10-12-2-4-16(5-3-12)43-29(30,31)32)23(37)21-17(18)7-13-6-15-9-19(36)22(27(33)41)26(40)28(15,42)25(39)20(13)24(21)38/h2-5,8,13,15,34-35,37-38,40,42H,6-7,9-11H2,1H3,(H2,33,41)/t13-,15+,28+/m1/s1. The highest BCUT2D eigenvalue weighted by atomic mass is 19.4. The number of carbonyl (C=O) groups excluding carboxylic acids is 3. The maximum absolute atomic E-state index is 13.7. The highest BCUT2D eigenvalue weighted by Crippen LogP contribution is 2.53. The van der Waals surface area contributed by atoms with Gasteiger partial charge in [0, 0.05) is 49.3 Å². The van der Waals surface area contributed by atoms with Gasteiger partial charge in [-0.1, -0.05) is 12.1 Å². The van der Waals surface area contributed by atoms with Gasteiger partial charge in [0.1, 0.15) is 28.6 Å². The second-order valence-corrected chi connectivity index (χ2v) is 10.7. The molecule has 2 aromatic rings. The first-order valence-corrected chi connectivity index (χ1v) is 13.3. The molecule has 43 heavy (non-hydrogen) atoms. The van der Waals surface area contributed by atoms with Crippen LogP contribution in [0.25, 0.3) is 5.76 Å². The molecule has 0 heterocycles. The Kier molecular flexibility index (Phi) is 7.38. The molecule has 0 unspecified atom stereocenters. The number of aliphatic hydroxyl groups is 3. The number of alkyl halides is 3. The Morgan fingerprint density at radius 1 is 1.12 bits per heavy atom. The van der Waals surface area contributed by atoms with E-state index in [1.54, 1.807) is 13.1 Å². The van der Waals surface area contributed by atoms with Crippen molar-refractivity contribution in [3.63, 3.8) is 0 Å². The zero-order valence-electron chi connectivity index (χ0n) is 22.7. The molecule has 0 spiro atoms. The number of phenols is 1. The fraction of sp³-hybridized carbons (Fsp3) is 0.345. The molecule has 0 radical (unpaired) electrons. The molecule has 3 aliphatic carbocycles. The summed E-state index contributed by atoms with van der Waals surface area (Å²) in [6.07, 6.45) is -5.05. The third-order valence-corrected chi connectivity index (χ3v) is 8.21. The molecule has 228 valence electrons. The second kappa shape index (κ2) is 10.6. The van der Waals surface area contributed by atoms with Gasteiger partial charge in [0.2, 0.25) is 5.78 Å². The van der Waals surface area contributed by atoms with Crippen molar-refractivity contribution in [1.82, 2.24) is 5.32 Å². The van der Waals surface area contributed by atoms with Crippen LogP contribution >= 0.6 is 0 Å². The molecule has 5 rings (SSSR count). The first kappa shape index (κ1) is 29.9. The van der Waals surface area contributed by atoms with Gasteiger partial charge in [-0.25, -0.2) is 0 Å². The number of aromatic hydroxyl groups is 1. The van der Waals surface area contributed by atoms with Crippen molar-refractivity contribution >= 4 is 28.9 Å². The van der Waals surface area contributed by atoms with Crippen molar-refractivity contribution in [3.05, 3.63) is 69.5 Å². The van der Waals surface area contributed by atoms with Crippen LogP contribution in [-0.2, 0) is 33.9 Å². The maximum atomic E-state index is 13.7. The number of phenolic OH excluding ortho intramolecular Hbond substituents is 1. The number of Topliss-reactive ketones (excluding diaryl/α,β-unsaturated/α-hetero) is 2. The summed E-state index contributed by atoms with van der Waals surface area (Å²) in [5.74, 6) is -7.39. The van der Waals surface area contributed by atoms with Gasteiger partial charge < -0.3 is 41.5 Å². The van der Waals surface area contributed by atoms with E-state index in [-0.39, 0.29) is 48.6 Å². The molecule has 11 nitrogen and oxygen atoms in total. The molecule has 0 aliphatic heterocycles. The van der Waals surface area contributed by atoms with Gasteiger partial charge in [-0.2, -0.15) is 0 Å². The summed E-state index contributed by atoms with van der Waals surface area (Å²) in [6.45, 7) is 0.250. The zero-order valence-corrected chi connectivity index (χ0v) is 22.7. The second-order valence-electron chi connectivity index (χ2n) is 10.7. The Labute approximate surface area is 242 Å². The number of rotatable bonds is 7. The maximum Gasteiger partial charge on any atom is 0.573 e. The van der Waals surface area contributed by atoms with E-state index in [1.807, 2.05) is 0 Å². The fourth-order valence-electron chi connectivity index (χ4n) is 6.25. The normalized spacial score (nSPS) is 23.5. The van der Waals surface area contributed by atoms with Crippen molar-refractivity contribution in [2.45, 2.75) is 44.3 Å². The van der Waals surface area contributed by atoms with E-state index in [4.69, 9.17) is 5.73 Å². The number of hydrogen-bond acceptors (Lipinski definition) is 10. The summed E-state index contributed by atoms with van der Waals surface area (Å²) < 4.78 is 41.1. The van der Waals surface area contributed by atoms with Crippen molar-refractivity contribution in [2.75, 3.05) is 12.4 Å². The number of nitrogens with one attached hydrogen (secondary N) is 2. The molecule has 3 aliphatic rings. The number of benzene rings is 2. The number of ketones is 2. The average molecular weight is 604 g/mol. The number of ether oxygens (including phenoxy) is 1. The predicted molar refractivity (Wildman–Crippen MR) is 145 cm³/mol. The van der Waals surface area contributed by atoms with Gasteiger partial charge in [-0.15, -0.1) is 13.2 Å². The van der Waals surface area contributed by atoms with E-state index in [0.29, 0.717) is 22.4 Å². The Hall–Kier alpha value is -4.56. The van der Waals surface area contributed by atoms with Crippen LogP contribution in [0.5, 0.6) is 11.5 Å². The van der Waals surface area contributed by atoms with Gasteiger partial charge in [-0.05, 0) is 48.1 Å². The Balaban J connectivity index is 1.45. The van der Waals surface area contributed by atoms with Crippen LogP contribution in [0.15, 0.2) is 47.2 Å². The Morgan fingerprint density at radius 2 is 1.79 bits per heavy atom. The molecule has 0 saturated heterocycles. The summed E-state index contributed by atoms with van der Waals surface area (Å²) in [5, 5.41) is 50.7. The lowest BCUT2D eigenvalue weighted by molar-refractivity contribution is -0.274. The van der Waals surface area contributed by atoms with E-state index in [1.165, 1.54) is 24.3 Å². The quantitative estimate of drug-likeness (QED) is 0.183. The van der Waals surface area contributed by atoms with E-state index >= 15 is 0 Å². The number of nitrogens with two attached hydrogens (primary N) is 1. The molecule has 0 aromatic heterocycles. The van der Waals surface area contributed by atoms with Crippen molar-refractivity contribution in [3.8, 4) is 11.5 Å². The number of anilines is 1. The minimum Gasteiger partial charge on any atom is -0.508 e. The van der Waals surface area contributed by atoms with Crippen LogP contribution in [0.1, 0.15) is 35.1 Å². The van der Waals surface area contributed by atoms with E-state index in [0.717, 1.165) is 0 Å². The number of halogens is 3. The molecular formula is C29H28F3N3O8. The Morgan fingerprint density at radius 3 is 2.40 bits per heavy atom. The number of primary amides is 1. The SMILES string of the molecule is CNc1cc(CNCc2ccc(OC(F)(F)F)cc2)c(O)c2c1C[C@H]1C[C@H]3CC(=O)C(C(N)=O)=C(O)[C@@]3(O)C(=O)C1=C2O. The molecule has 2 aromatic carbocycles. The van der Waals surface area contributed by atoms with Crippen LogP contribution in [0.2, 0.25) is 0 Å². The van der Waals surface area contributed by atoms with Crippen LogP contribution in [-0.4, -0.2) is 56.9 Å². The summed E-state index contributed by atoms with van der Waals surface area (Å²) in [7, 11) is 1.63. The van der Waals surface area contributed by atoms with Gasteiger partial charge in [0.15, 0.2) is 11.4 Å². The van der Waals surface area contributed by atoms with Crippen LogP contribution < -0.4 is 21.1 Å². The van der Waals surface area contributed by atoms with Crippen molar-refractivity contribution in [1.29, 1.82) is 0 Å². The van der Waals surface area contributed by atoms with Gasteiger partial charge >= 0.3 is 6.36 Å². The third kappa shape index (κ3) is 5.06. The molecule has 3 atom stereocenters. The number of amides is 1. The van der Waals surface area contributed by atoms with Crippen LogP contribution in [0.3, 0.4) is 0 Å². The summed E-state index contributed by atoms with van der Waals surface area (Å²) in [5.41, 5.74) is 3.36. The molecule has 1 amide bonds. The van der Waals surface area contributed by atoms with Gasteiger partial charge in [0.05, 0.1) is 5.56 Å².